The summed E-state index contributed by atoms with van der Waals surface area (Å²) in [6.45, 7) is 0.562. The Morgan fingerprint density at radius 1 is 1.12 bits per heavy atom. The molecule has 8 heteroatoms. The lowest BCUT2D eigenvalue weighted by molar-refractivity contribution is -0.125. The molecule has 1 aromatic heterocycles. The molecule has 0 bridgehead atoms. The minimum Gasteiger partial charge on any atom is -0.451 e. The Kier molecular flexibility index (Phi) is 3.34. The maximum absolute atomic E-state index is 12.7. The second kappa shape index (κ2) is 5.44. The molecular formula is C17H15N3O5. The monoisotopic (exact) mass is 341 g/mol. The first-order valence-corrected chi connectivity index (χ1v) is 7.94. The number of piperidine rings is 1. The first-order chi connectivity index (χ1) is 12.0. The number of likely N-dealkylation sites (tertiary alicyclic amines) is 1. The van der Waals surface area contributed by atoms with Gasteiger partial charge in [-0.2, -0.15) is 0 Å². The van der Waals surface area contributed by atoms with Gasteiger partial charge in [0.05, 0.1) is 5.39 Å². The molecule has 0 saturated carbocycles. The summed E-state index contributed by atoms with van der Waals surface area (Å²) in [4.78, 5) is 49.6. The second-order valence-corrected chi connectivity index (χ2v) is 6.25. The number of para-hydroxylation sites is 1. The number of hydrogen-bond donors (Lipinski definition) is 2. The van der Waals surface area contributed by atoms with Crippen molar-refractivity contribution in [1.82, 2.24) is 15.5 Å². The summed E-state index contributed by atoms with van der Waals surface area (Å²) < 4.78 is 5.57. The van der Waals surface area contributed by atoms with Gasteiger partial charge in [-0.05, 0) is 25.0 Å². The zero-order valence-electron chi connectivity index (χ0n) is 13.2. The number of amides is 4. The molecule has 2 saturated heterocycles. The molecule has 1 aromatic carbocycles. The molecule has 25 heavy (non-hydrogen) atoms. The molecule has 0 aliphatic carbocycles. The number of nitrogens with one attached hydrogen (secondary N) is 2. The number of imide groups is 1. The number of urea groups is 1. The van der Waals surface area contributed by atoms with Crippen LogP contribution in [0.25, 0.3) is 11.0 Å². The topological polar surface area (TPSA) is 109 Å². The molecule has 4 amide bonds. The van der Waals surface area contributed by atoms with Crippen LogP contribution in [0, 0.1) is 0 Å². The van der Waals surface area contributed by atoms with Crippen molar-refractivity contribution in [3.63, 3.8) is 0 Å². The fourth-order valence-corrected chi connectivity index (χ4v) is 3.34. The quantitative estimate of drug-likeness (QED) is 0.739. The summed E-state index contributed by atoms with van der Waals surface area (Å²) in [5.74, 6) is -0.788. The Labute approximate surface area is 141 Å². The van der Waals surface area contributed by atoms with Crippen LogP contribution in [-0.4, -0.2) is 41.4 Å². The number of fused-ring (bicyclic) bond motifs is 1. The first-order valence-electron chi connectivity index (χ1n) is 7.94. The van der Waals surface area contributed by atoms with E-state index in [-0.39, 0.29) is 30.2 Å². The van der Waals surface area contributed by atoms with E-state index in [2.05, 4.69) is 10.6 Å². The minimum atomic E-state index is -0.946. The maximum Gasteiger partial charge on any atom is 0.322 e. The molecule has 2 N–H and O–H groups in total. The predicted molar refractivity (Wildman–Crippen MR) is 87.0 cm³/mol. The highest BCUT2D eigenvalue weighted by molar-refractivity contribution is 6.07. The van der Waals surface area contributed by atoms with Gasteiger partial charge in [0.25, 0.3) is 11.8 Å². The average Bonchev–Trinajstić information content (AvgIpc) is 2.88. The Bertz CT molecular complexity index is 956. The number of hydrogen-bond acceptors (Lipinski definition) is 5. The van der Waals surface area contributed by atoms with Crippen molar-refractivity contribution in [3.8, 4) is 0 Å². The zero-order valence-corrected chi connectivity index (χ0v) is 13.2. The van der Waals surface area contributed by atoms with Crippen molar-refractivity contribution in [1.29, 1.82) is 0 Å². The molecule has 2 fully saturated rings. The van der Waals surface area contributed by atoms with Crippen LogP contribution in [0.5, 0.6) is 0 Å². The van der Waals surface area contributed by atoms with Gasteiger partial charge in [0.2, 0.25) is 0 Å². The first kappa shape index (κ1) is 15.4. The summed E-state index contributed by atoms with van der Waals surface area (Å²) in [6, 6.07) is 7.42. The molecule has 128 valence electrons. The van der Waals surface area contributed by atoms with Crippen LogP contribution in [0.4, 0.5) is 4.79 Å². The normalized spacial score (nSPS) is 19.1. The summed E-state index contributed by atoms with van der Waals surface area (Å²) in [6.07, 6.45) is 0.627. The van der Waals surface area contributed by atoms with E-state index < -0.39 is 17.5 Å². The van der Waals surface area contributed by atoms with E-state index in [0.29, 0.717) is 23.8 Å². The summed E-state index contributed by atoms with van der Waals surface area (Å²) in [5.41, 5.74) is -0.867. The largest absolute Gasteiger partial charge is 0.451 e. The van der Waals surface area contributed by atoms with Gasteiger partial charge in [-0.25, -0.2) is 4.79 Å². The van der Waals surface area contributed by atoms with Crippen LogP contribution in [0.2, 0.25) is 0 Å². The van der Waals surface area contributed by atoms with Gasteiger partial charge in [0.1, 0.15) is 11.1 Å². The van der Waals surface area contributed by atoms with Gasteiger partial charge < -0.3 is 14.6 Å². The van der Waals surface area contributed by atoms with E-state index in [1.54, 1.807) is 24.3 Å². The molecule has 0 unspecified atom stereocenters. The number of nitrogens with zero attached hydrogens (tertiary/aromatic N) is 1. The van der Waals surface area contributed by atoms with Crippen LogP contribution >= 0.6 is 0 Å². The van der Waals surface area contributed by atoms with E-state index in [1.807, 2.05) is 0 Å². The molecule has 2 aliphatic rings. The summed E-state index contributed by atoms with van der Waals surface area (Å²) in [7, 11) is 0. The second-order valence-electron chi connectivity index (χ2n) is 6.25. The van der Waals surface area contributed by atoms with Gasteiger partial charge in [-0.1, -0.05) is 12.1 Å². The smallest absolute Gasteiger partial charge is 0.322 e. The number of carbonyl (C=O) groups is 3. The van der Waals surface area contributed by atoms with E-state index in [9.17, 15) is 19.2 Å². The van der Waals surface area contributed by atoms with Gasteiger partial charge in [0.15, 0.2) is 11.2 Å². The zero-order chi connectivity index (χ0) is 17.6. The molecule has 0 radical (unpaired) electrons. The summed E-state index contributed by atoms with van der Waals surface area (Å²) in [5, 5.41) is 5.29. The highest BCUT2D eigenvalue weighted by Gasteiger charge is 2.48. The molecular weight excluding hydrogens is 326 g/mol. The van der Waals surface area contributed by atoms with Crippen LogP contribution in [0.3, 0.4) is 0 Å². The van der Waals surface area contributed by atoms with Gasteiger partial charge in [-0.3, -0.25) is 19.7 Å². The minimum absolute atomic E-state index is 0.0282. The highest BCUT2D eigenvalue weighted by Crippen LogP contribution is 2.26. The molecule has 2 aromatic rings. The third-order valence-electron chi connectivity index (χ3n) is 4.76. The lowest BCUT2D eigenvalue weighted by Gasteiger charge is -2.36. The fourth-order valence-electron chi connectivity index (χ4n) is 3.34. The lowest BCUT2D eigenvalue weighted by Crippen LogP contribution is -2.55. The Morgan fingerprint density at radius 2 is 1.84 bits per heavy atom. The maximum atomic E-state index is 12.7. The Balaban J connectivity index is 1.56. The Hall–Kier alpha value is -3.16. The standard InChI is InChI=1S/C17H15N3O5/c21-11-9-13(25-12-4-2-1-3-10(11)12)14(22)20-7-5-17(6-8-20)15(23)18-16(24)19-17/h1-4,9H,5-8H2,(H2,18,19,23,24). The van der Waals surface area contributed by atoms with Crippen LogP contribution in [-0.2, 0) is 4.79 Å². The van der Waals surface area contributed by atoms with Crippen molar-refractivity contribution in [2.75, 3.05) is 13.1 Å². The molecule has 1 spiro atoms. The van der Waals surface area contributed by atoms with Crippen LogP contribution < -0.4 is 16.1 Å². The fraction of sp³-hybridized carbons (Fsp3) is 0.294. The van der Waals surface area contributed by atoms with E-state index >= 15 is 0 Å². The number of carbonyl (C=O) groups excluding carboxylic acids is 3. The van der Waals surface area contributed by atoms with E-state index in [0.717, 1.165) is 0 Å². The SMILES string of the molecule is O=C1NC(=O)C2(CCN(C(=O)c3cc(=O)c4ccccc4o3)CC2)N1. The van der Waals surface area contributed by atoms with Gasteiger partial charge >= 0.3 is 6.03 Å². The van der Waals surface area contributed by atoms with Crippen molar-refractivity contribution < 1.29 is 18.8 Å². The number of benzene rings is 1. The van der Waals surface area contributed by atoms with Crippen molar-refractivity contribution in [2.45, 2.75) is 18.4 Å². The molecule has 3 heterocycles. The predicted octanol–water partition coefficient (Wildman–Crippen LogP) is 0.607. The molecule has 4 rings (SSSR count). The third kappa shape index (κ3) is 2.46. The van der Waals surface area contributed by atoms with Crippen LogP contribution in [0.15, 0.2) is 39.5 Å². The number of rotatable bonds is 1. The van der Waals surface area contributed by atoms with E-state index in [4.69, 9.17) is 4.42 Å². The lowest BCUT2D eigenvalue weighted by atomic mass is 9.87. The van der Waals surface area contributed by atoms with Crippen molar-refractivity contribution in [2.24, 2.45) is 0 Å². The molecule has 8 nitrogen and oxygen atoms in total. The summed E-state index contributed by atoms with van der Waals surface area (Å²) >= 11 is 0. The van der Waals surface area contributed by atoms with Crippen molar-refractivity contribution >= 4 is 28.8 Å². The highest BCUT2D eigenvalue weighted by atomic mass is 16.3. The molecule has 0 atom stereocenters. The van der Waals surface area contributed by atoms with Crippen LogP contribution in [0.1, 0.15) is 23.4 Å². The van der Waals surface area contributed by atoms with Gasteiger partial charge in [0, 0.05) is 19.2 Å². The Morgan fingerprint density at radius 3 is 2.52 bits per heavy atom. The molecule has 2 aliphatic heterocycles. The van der Waals surface area contributed by atoms with E-state index in [1.165, 1.54) is 11.0 Å². The van der Waals surface area contributed by atoms with Crippen molar-refractivity contribution in [3.05, 3.63) is 46.3 Å². The average molecular weight is 341 g/mol. The third-order valence-corrected chi connectivity index (χ3v) is 4.76. The van der Waals surface area contributed by atoms with Gasteiger partial charge in [-0.15, -0.1) is 0 Å².